The zero-order chi connectivity index (χ0) is 30.3. The van der Waals surface area contributed by atoms with Crippen LogP contribution in [0.1, 0.15) is 120 Å². The van der Waals surface area contributed by atoms with Crippen LogP contribution in [0, 0.1) is 12.8 Å². The number of esters is 1. The lowest BCUT2D eigenvalue weighted by molar-refractivity contribution is -0.145. The molecule has 0 spiro atoms. The summed E-state index contributed by atoms with van der Waals surface area (Å²) in [4.78, 5) is 26.8. The number of rotatable bonds is 21. The summed E-state index contributed by atoms with van der Waals surface area (Å²) >= 11 is 0. The lowest BCUT2D eigenvalue weighted by atomic mass is 9.99. The molecule has 1 heterocycles. The van der Waals surface area contributed by atoms with Gasteiger partial charge in [0.05, 0.1) is 6.61 Å². The van der Waals surface area contributed by atoms with Crippen LogP contribution in [0.5, 0.6) is 0 Å². The van der Waals surface area contributed by atoms with Gasteiger partial charge in [-0.05, 0) is 88.6 Å². The second-order valence-electron chi connectivity index (χ2n) is 11.7. The van der Waals surface area contributed by atoms with Gasteiger partial charge in [0.15, 0.2) is 0 Å². The monoisotopic (exact) mass is 583 g/mol. The molecule has 6 nitrogen and oxygen atoms in total. The predicted octanol–water partition coefficient (Wildman–Crippen LogP) is 9.24. The molecule has 1 saturated heterocycles. The van der Waals surface area contributed by atoms with Crippen LogP contribution in [-0.2, 0) is 32.2 Å². The highest BCUT2D eigenvalue weighted by Crippen LogP contribution is 2.17. The molecule has 1 aliphatic heterocycles. The Labute approximate surface area is 255 Å². The van der Waals surface area contributed by atoms with E-state index >= 15 is 0 Å². The molecule has 1 atom stereocenters. The van der Waals surface area contributed by atoms with Crippen molar-refractivity contribution < 1.29 is 23.8 Å². The Kier molecular flexibility index (Phi) is 19.4. The SMILES string of the molecule is CCCCC/C=C\C/C=C\CCCCCCCC(=O)OCc1cc(C)cc(COC(=O)OCC2CCCN(CC)C2)c1. The molecule has 1 unspecified atom stereocenters. The Morgan fingerprint density at radius 3 is 2.21 bits per heavy atom. The Morgan fingerprint density at radius 2 is 1.50 bits per heavy atom. The first-order valence-corrected chi connectivity index (χ1v) is 16.6. The third kappa shape index (κ3) is 17.4. The fourth-order valence-corrected chi connectivity index (χ4v) is 5.38. The van der Waals surface area contributed by atoms with Gasteiger partial charge in [-0.25, -0.2) is 4.79 Å². The van der Waals surface area contributed by atoms with Crippen LogP contribution >= 0.6 is 0 Å². The molecule has 0 aliphatic carbocycles. The summed E-state index contributed by atoms with van der Waals surface area (Å²) in [5, 5.41) is 0. The van der Waals surface area contributed by atoms with Gasteiger partial charge in [-0.2, -0.15) is 0 Å². The number of ether oxygens (including phenoxy) is 3. The molecule has 0 bridgehead atoms. The number of allylic oxidation sites excluding steroid dienone is 4. The molecule has 1 aliphatic rings. The number of benzene rings is 1. The molecule has 0 amide bonds. The second kappa shape index (κ2) is 22.9. The molecule has 2 rings (SSSR count). The van der Waals surface area contributed by atoms with Gasteiger partial charge in [0.2, 0.25) is 0 Å². The fourth-order valence-electron chi connectivity index (χ4n) is 5.38. The smallest absolute Gasteiger partial charge is 0.461 e. The third-order valence-electron chi connectivity index (χ3n) is 7.77. The van der Waals surface area contributed by atoms with Crippen LogP contribution in [-0.4, -0.2) is 43.3 Å². The highest BCUT2D eigenvalue weighted by Gasteiger charge is 2.20. The number of carbonyl (C=O) groups is 2. The van der Waals surface area contributed by atoms with Crippen molar-refractivity contribution in [3.05, 3.63) is 59.2 Å². The standard InChI is InChI=1S/C36H57NO5/c1-4-6-7-8-9-10-11-12-13-14-15-16-17-18-19-22-35(38)40-29-33-24-31(3)25-34(26-33)30-42-36(39)41-28-32-21-20-23-37(5-2)27-32/h9-10,12-13,24-26,32H,4-8,11,14-23,27-30H2,1-3H3/b10-9-,13-12-. The predicted molar refractivity (Wildman–Crippen MR) is 171 cm³/mol. The minimum Gasteiger partial charge on any atom is -0.461 e. The van der Waals surface area contributed by atoms with Gasteiger partial charge in [0.1, 0.15) is 13.2 Å². The molecule has 1 aromatic carbocycles. The summed E-state index contributed by atoms with van der Waals surface area (Å²) in [6, 6.07) is 5.89. The number of aryl methyl sites for hydroxylation is 1. The Hall–Kier alpha value is -2.60. The van der Waals surface area contributed by atoms with Crippen molar-refractivity contribution in [2.24, 2.45) is 5.92 Å². The number of nitrogens with zero attached hydrogens (tertiary/aromatic N) is 1. The normalized spacial score (nSPS) is 15.8. The number of carbonyl (C=O) groups excluding carboxylic acids is 2. The number of piperidine rings is 1. The molecule has 0 N–H and O–H groups in total. The Morgan fingerprint density at radius 1 is 0.833 bits per heavy atom. The summed E-state index contributed by atoms with van der Waals surface area (Å²) in [6.45, 7) is 10.3. The fraction of sp³-hybridized carbons (Fsp3) is 0.667. The maximum atomic E-state index is 12.3. The van der Waals surface area contributed by atoms with Crippen LogP contribution < -0.4 is 0 Å². The van der Waals surface area contributed by atoms with E-state index in [0.29, 0.717) is 18.9 Å². The van der Waals surface area contributed by atoms with E-state index in [0.717, 1.165) is 81.3 Å². The molecule has 1 aromatic rings. The first-order chi connectivity index (χ1) is 20.5. The van der Waals surface area contributed by atoms with Gasteiger partial charge in [0, 0.05) is 18.9 Å². The van der Waals surface area contributed by atoms with E-state index in [9.17, 15) is 9.59 Å². The van der Waals surface area contributed by atoms with E-state index in [4.69, 9.17) is 14.2 Å². The summed E-state index contributed by atoms with van der Waals surface area (Å²) in [6.07, 6.45) is 24.0. The van der Waals surface area contributed by atoms with Crippen LogP contribution in [0.3, 0.4) is 0 Å². The van der Waals surface area contributed by atoms with Gasteiger partial charge in [0.25, 0.3) is 0 Å². The zero-order valence-corrected chi connectivity index (χ0v) is 26.7. The number of likely N-dealkylation sites (tertiary alicyclic amines) is 1. The molecule has 1 fully saturated rings. The first kappa shape index (κ1) is 35.6. The molecule has 6 heteroatoms. The lowest BCUT2D eigenvalue weighted by Gasteiger charge is -2.31. The topological polar surface area (TPSA) is 65.1 Å². The summed E-state index contributed by atoms with van der Waals surface area (Å²) in [7, 11) is 0. The minimum atomic E-state index is -0.629. The highest BCUT2D eigenvalue weighted by molar-refractivity contribution is 5.69. The minimum absolute atomic E-state index is 0.138. The van der Waals surface area contributed by atoms with Crippen molar-refractivity contribution in [3.8, 4) is 0 Å². The largest absolute Gasteiger partial charge is 0.508 e. The third-order valence-corrected chi connectivity index (χ3v) is 7.77. The second-order valence-corrected chi connectivity index (χ2v) is 11.7. The highest BCUT2D eigenvalue weighted by atomic mass is 16.7. The molecule has 42 heavy (non-hydrogen) atoms. The van der Waals surface area contributed by atoms with Crippen LogP contribution in [0.2, 0.25) is 0 Å². The van der Waals surface area contributed by atoms with Crippen LogP contribution in [0.25, 0.3) is 0 Å². The van der Waals surface area contributed by atoms with Gasteiger partial charge >= 0.3 is 12.1 Å². The number of unbranched alkanes of at least 4 members (excludes halogenated alkanes) is 8. The van der Waals surface area contributed by atoms with Crippen molar-refractivity contribution in [2.45, 2.75) is 124 Å². The maximum Gasteiger partial charge on any atom is 0.508 e. The molecule has 0 saturated carbocycles. The number of hydrogen-bond acceptors (Lipinski definition) is 6. The van der Waals surface area contributed by atoms with E-state index in [-0.39, 0.29) is 19.2 Å². The average Bonchev–Trinajstić information content (AvgIpc) is 2.99. The lowest BCUT2D eigenvalue weighted by Crippen LogP contribution is -2.37. The maximum absolute atomic E-state index is 12.3. The average molecular weight is 584 g/mol. The van der Waals surface area contributed by atoms with Crippen molar-refractivity contribution in [1.82, 2.24) is 4.90 Å². The molecular weight excluding hydrogens is 526 g/mol. The van der Waals surface area contributed by atoms with Crippen molar-refractivity contribution in [3.63, 3.8) is 0 Å². The Bertz CT molecular complexity index is 941. The number of hydrogen-bond donors (Lipinski definition) is 0. The van der Waals surface area contributed by atoms with Gasteiger partial charge in [-0.3, -0.25) is 4.79 Å². The van der Waals surface area contributed by atoms with Crippen molar-refractivity contribution >= 4 is 12.1 Å². The van der Waals surface area contributed by atoms with Gasteiger partial charge in [-0.1, -0.05) is 88.0 Å². The Balaban J connectivity index is 1.52. The molecule has 0 radical (unpaired) electrons. The molecule has 0 aromatic heterocycles. The first-order valence-electron chi connectivity index (χ1n) is 16.6. The van der Waals surface area contributed by atoms with E-state index in [1.807, 2.05) is 25.1 Å². The zero-order valence-electron chi connectivity index (χ0n) is 26.7. The van der Waals surface area contributed by atoms with Crippen molar-refractivity contribution in [2.75, 3.05) is 26.2 Å². The van der Waals surface area contributed by atoms with E-state index in [1.54, 1.807) is 0 Å². The van der Waals surface area contributed by atoms with Crippen LogP contribution in [0.4, 0.5) is 4.79 Å². The summed E-state index contributed by atoms with van der Waals surface area (Å²) in [5.41, 5.74) is 2.80. The van der Waals surface area contributed by atoms with Crippen molar-refractivity contribution in [1.29, 1.82) is 0 Å². The quantitative estimate of drug-likeness (QED) is 0.0816. The van der Waals surface area contributed by atoms with Gasteiger partial charge in [-0.15, -0.1) is 0 Å². The van der Waals surface area contributed by atoms with Gasteiger partial charge < -0.3 is 19.1 Å². The van der Waals surface area contributed by atoms with Crippen LogP contribution in [0.15, 0.2) is 42.5 Å². The molecular formula is C36H57NO5. The van der Waals surface area contributed by atoms with E-state index in [1.165, 1.54) is 38.5 Å². The van der Waals surface area contributed by atoms with E-state index in [2.05, 4.69) is 43.1 Å². The van der Waals surface area contributed by atoms with E-state index < -0.39 is 6.16 Å². The summed E-state index contributed by atoms with van der Waals surface area (Å²) in [5.74, 6) is 0.212. The summed E-state index contributed by atoms with van der Waals surface area (Å²) < 4.78 is 16.3. The molecule has 236 valence electrons.